The lowest BCUT2D eigenvalue weighted by Crippen LogP contribution is -2.25. The molecule has 0 atom stereocenters. The number of carbonyl (C=O) groups excluding carboxylic acids is 1. The molecule has 0 aliphatic carbocycles. The van der Waals surface area contributed by atoms with Crippen molar-refractivity contribution in [2.75, 3.05) is 12.3 Å². The molecule has 1 amide bonds. The second kappa shape index (κ2) is 5.64. The van der Waals surface area contributed by atoms with Crippen molar-refractivity contribution >= 4 is 22.9 Å². The van der Waals surface area contributed by atoms with Gasteiger partial charge in [0.15, 0.2) is 0 Å². The van der Waals surface area contributed by atoms with Gasteiger partial charge in [0, 0.05) is 35.8 Å². The molecule has 0 bridgehead atoms. The Morgan fingerprint density at radius 3 is 2.94 bits per heavy atom. The standard InChI is InChI=1S/C13H15N3OS/c1-9-6-10(8-11(14)7-9)13(17)16-3-2-12-15-4-5-18-12/h4-8H,2-3,14H2,1H3,(H,16,17). The molecule has 2 aromatic rings. The highest BCUT2D eigenvalue weighted by atomic mass is 32.1. The van der Waals surface area contributed by atoms with Gasteiger partial charge in [0.05, 0.1) is 5.01 Å². The first kappa shape index (κ1) is 12.6. The van der Waals surface area contributed by atoms with Crippen LogP contribution in [0.5, 0.6) is 0 Å². The molecule has 0 saturated heterocycles. The first-order chi connectivity index (χ1) is 8.65. The number of amides is 1. The Balaban J connectivity index is 1.91. The first-order valence-corrected chi connectivity index (χ1v) is 6.57. The smallest absolute Gasteiger partial charge is 0.251 e. The molecule has 0 unspecified atom stereocenters. The average molecular weight is 261 g/mol. The lowest BCUT2D eigenvalue weighted by atomic mass is 10.1. The van der Waals surface area contributed by atoms with Gasteiger partial charge in [-0.2, -0.15) is 0 Å². The van der Waals surface area contributed by atoms with Crippen LogP contribution in [0.4, 0.5) is 5.69 Å². The van der Waals surface area contributed by atoms with Crippen molar-refractivity contribution < 1.29 is 4.79 Å². The van der Waals surface area contributed by atoms with Gasteiger partial charge >= 0.3 is 0 Å². The highest BCUT2D eigenvalue weighted by Gasteiger charge is 2.06. The number of hydrogen-bond acceptors (Lipinski definition) is 4. The number of nitrogens with one attached hydrogen (secondary N) is 1. The van der Waals surface area contributed by atoms with E-state index in [-0.39, 0.29) is 5.91 Å². The predicted octanol–water partition coefficient (Wildman–Crippen LogP) is 2.01. The molecule has 1 aromatic carbocycles. The van der Waals surface area contributed by atoms with Crippen LogP contribution in [0.25, 0.3) is 0 Å². The van der Waals surface area contributed by atoms with Crippen LogP contribution in [-0.4, -0.2) is 17.4 Å². The fourth-order valence-corrected chi connectivity index (χ4v) is 2.33. The van der Waals surface area contributed by atoms with Crippen LogP contribution >= 0.6 is 11.3 Å². The van der Waals surface area contributed by atoms with E-state index in [4.69, 9.17) is 5.73 Å². The summed E-state index contributed by atoms with van der Waals surface area (Å²) in [4.78, 5) is 16.1. The molecule has 3 N–H and O–H groups in total. The van der Waals surface area contributed by atoms with E-state index >= 15 is 0 Å². The molecule has 0 aliphatic heterocycles. The molecule has 0 fully saturated rings. The van der Waals surface area contributed by atoms with E-state index in [2.05, 4.69) is 10.3 Å². The van der Waals surface area contributed by atoms with E-state index in [0.29, 0.717) is 17.8 Å². The normalized spacial score (nSPS) is 10.3. The highest BCUT2D eigenvalue weighted by Crippen LogP contribution is 2.11. The summed E-state index contributed by atoms with van der Waals surface area (Å²) in [5, 5.41) is 5.82. The summed E-state index contributed by atoms with van der Waals surface area (Å²) in [6, 6.07) is 5.35. The molecular formula is C13H15N3OS. The topological polar surface area (TPSA) is 68.0 Å². The third kappa shape index (κ3) is 3.30. The fourth-order valence-electron chi connectivity index (χ4n) is 1.71. The first-order valence-electron chi connectivity index (χ1n) is 5.69. The number of nitrogen functional groups attached to an aromatic ring is 1. The van der Waals surface area contributed by atoms with E-state index in [0.717, 1.165) is 17.0 Å². The van der Waals surface area contributed by atoms with Gasteiger partial charge in [0.25, 0.3) is 5.91 Å². The maximum Gasteiger partial charge on any atom is 0.251 e. The largest absolute Gasteiger partial charge is 0.399 e. The Bertz CT molecular complexity index is 517. The number of thiazole rings is 1. The van der Waals surface area contributed by atoms with E-state index in [1.54, 1.807) is 23.6 Å². The second-order valence-electron chi connectivity index (χ2n) is 4.06. The third-order valence-electron chi connectivity index (χ3n) is 2.47. The lowest BCUT2D eigenvalue weighted by molar-refractivity contribution is 0.0954. The molecule has 5 heteroatoms. The van der Waals surface area contributed by atoms with Crippen LogP contribution in [0.2, 0.25) is 0 Å². The van der Waals surface area contributed by atoms with Crippen molar-refractivity contribution in [2.45, 2.75) is 13.3 Å². The Labute approximate surface area is 110 Å². The van der Waals surface area contributed by atoms with Gasteiger partial charge in [-0.1, -0.05) is 0 Å². The minimum Gasteiger partial charge on any atom is -0.399 e. The Hall–Kier alpha value is -1.88. The van der Waals surface area contributed by atoms with Crippen LogP contribution in [0.15, 0.2) is 29.8 Å². The quantitative estimate of drug-likeness (QED) is 0.827. The summed E-state index contributed by atoms with van der Waals surface area (Å²) in [5.41, 5.74) is 7.92. The summed E-state index contributed by atoms with van der Waals surface area (Å²) in [6.45, 7) is 2.50. The van der Waals surface area contributed by atoms with Crippen molar-refractivity contribution in [3.05, 3.63) is 45.9 Å². The monoisotopic (exact) mass is 261 g/mol. The number of rotatable bonds is 4. The van der Waals surface area contributed by atoms with Crippen LogP contribution in [0.1, 0.15) is 20.9 Å². The van der Waals surface area contributed by atoms with Crippen molar-refractivity contribution in [3.8, 4) is 0 Å². The summed E-state index contributed by atoms with van der Waals surface area (Å²) in [6.07, 6.45) is 2.52. The number of carbonyl (C=O) groups is 1. The minimum atomic E-state index is -0.0954. The molecular weight excluding hydrogens is 246 g/mol. The number of aromatic nitrogens is 1. The van der Waals surface area contributed by atoms with Gasteiger partial charge in [0.1, 0.15) is 0 Å². The van der Waals surface area contributed by atoms with Crippen LogP contribution in [0.3, 0.4) is 0 Å². The summed E-state index contributed by atoms with van der Waals surface area (Å²) in [7, 11) is 0. The van der Waals surface area contributed by atoms with Crippen LogP contribution < -0.4 is 11.1 Å². The van der Waals surface area contributed by atoms with E-state index in [1.165, 1.54) is 0 Å². The lowest BCUT2D eigenvalue weighted by Gasteiger charge is -2.06. The number of anilines is 1. The van der Waals surface area contributed by atoms with Gasteiger partial charge in [-0.05, 0) is 30.7 Å². The van der Waals surface area contributed by atoms with Gasteiger partial charge in [-0.25, -0.2) is 4.98 Å². The van der Waals surface area contributed by atoms with Gasteiger partial charge in [0.2, 0.25) is 0 Å². The van der Waals surface area contributed by atoms with Crippen molar-refractivity contribution in [3.63, 3.8) is 0 Å². The molecule has 4 nitrogen and oxygen atoms in total. The summed E-state index contributed by atoms with van der Waals surface area (Å²) >= 11 is 1.59. The van der Waals surface area contributed by atoms with Crippen molar-refractivity contribution in [1.29, 1.82) is 0 Å². The van der Waals surface area contributed by atoms with Crippen molar-refractivity contribution in [1.82, 2.24) is 10.3 Å². The molecule has 0 spiro atoms. The molecule has 94 valence electrons. The second-order valence-corrected chi connectivity index (χ2v) is 5.04. The SMILES string of the molecule is Cc1cc(N)cc(C(=O)NCCc2nccs2)c1. The van der Waals surface area contributed by atoms with Crippen LogP contribution in [0, 0.1) is 6.92 Å². The number of nitrogens with two attached hydrogens (primary N) is 1. The highest BCUT2D eigenvalue weighted by molar-refractivity contribution is 7.09. The molecule has 0 radical (unpaired) electrons. The Kier molecular flexibility index (Phi) is 3.94. The fraction of sp³-hybridized carbons (Fsp3) is 0.231. The van der Waals surface area contributed by atoms with Gasteiger partial charge in [-0.3, -0.25) is 4.79 Å². The molecule has 2 rings (SSSR count). The third-order valence-corrected chi connectivity index (χ3v) is 3.31. The maximum atomic E-state index is 11.9. The van der Waals surface area contributed by atoms with E-state index in [9.17, 15) is 4.79 Å². The number of hydrogen-bond donors (Lipinski definition) is 2. The Morgan fingerprint density at radius 2 is 2.28 bits per heavy atom. The zero-order valence-corrected chi connectivity index (χ0v) is 11.0. The zero-order valence-electron chi connectivity index (χ0n) is 10.1. The molecule has 0 saturated carbocycles. The number of aryl methyl sites for hydroxylation is 1. The molecule has 1 heterocycles. The summed E-state index contributed by atoms with van der Waals surface area (Å²) < 4.78 is 0. The molecule has 1 aromatic heterocycles. The summed E-state index contributed by atoms with van der Waals surface area (Å²) in [5.74, 6) is -0.0954. The van der Waals surface area contributed by atoms with E-state index < -0.39 is 0 Å². The van der Waals surface area contributed by atoms with Crippen LogP contribution in [-0.2, 0) is 6.42 Å². The van der Waals surface area contributed by atoms with Crippen molar-refractivity contribution in [2.24, 2.45) is 0 Å². The van der Waals surface area contributed by atoms with Gasteiger partial charge in [-0.15, -0.1) is 11.3 Å². The average Bonchev–Trinajstić information content (AvgIpc) is 2.80. The minimum absolute atomic E-state index is 0.0954. The predicted molar refractivity (Wildman–Crippen MR) is 73.7 cm³/mol. The van der Waals surface area contributed by atoms with Gasteiger partial charge < -0.3 is 11.1 Å². The Morgan fingerprint density at radius 1 is 1.44 bits per heavy atom. The molecule has 0 aliphatic rings. The van der Waals surface area contributed by atoms with E-state index in [1.807, 2.05) is 24.4 Å². The maximum absolute atomic E-state index is 11.9. The number of nitrogens with zero attached hydrogens (tertiary/aromatic N) is 1. The number of benzene rings is 1. The zero-order chi connectivity index (χ0) is 13.0. The molecule has 18 heavy (non-hydrogen) atoms.